The van der Waals surface area contributed by atoms with E-state index in [1.807, 2.05) is 201 Å². The fourth-order valence-electron chi connectivity index (χ4n) is 11.3. The van der Waals surface area contributed by atoms with Crippen LogP contribution in [0.25, 0.3) is 96.5 Å². The first-order valence-corrected chi connectivity index (χ1v) is 35.6. The minimum Gasteiger partial charge on any atom is -0.356 e. The molecule has 18 heteroatoms. The summed E-state index contributed by atoms with van der Waals surface area (Å²) in [5.41, 5.74) is 21.5. The predicted octanol–water partition coefficient (Wildman–Crippen LogP) is 22.9. The number of hydrogen-bond acceptors (Lipinski definition) is 14. The molecule has 0 aliphatic carbocycles. The Balaban J connectivity index is 0.000000125. The van der Waals surface area contributed by atoms with Crippen LogP contribution in [-0.4, -0.2) is 58.6 Å². The number of fused-ring (bicyclic) bond motifs is 9. The monoisotopic (exact) mass is 1420 g/mol. The van der Waals surface area contributed by atoms with Crippen molar-refractivity contribution in [1.82, 2.24) is 58.6 Å². The zero-order valence-electron chi connectivity index (χ0n) is 61.3. The molecule has 0 atom stereocenters. The van der Waals surface area contributed by atoms with Gasteiger partial charge in [-0.3, -0.25) is 19.3 Å². The highest BCUT2D eigenvalue weighted by Crippen LogP contribution is 2.27. The van der Waals surface area contributed by atoms with Crippen molar-refractivity contribution in [1.29, 1.82) is 0 Å². The van der Waals surface area contributed by atoms with Crippen molar-refractivity contribution in [2.45, 2.75) is 104 Å². The quantitative estimate of drug-likeness (QED) is 0.141. The second kappa shape index (κ2) is 34.1. The minimum absolute atomic E-state index is 0.147. The number of para-hydroxylation sites is 2. The summed E-state index contributed by atoms with van der Waals surface area (Å²) in [5.74, 6) is 0.675. The van der Waals surface area contributed by atoms with E-state index in [0.29, 0.717) is 5.56 Å². The molecule has 18 aromatic rings. The van der Waals surface area contributed by atoms with E-state index in [0.717, 1.165) is 116 Å². The molecule has 0 N–H and O–H groups in total. The summed E-state index contributed by atoms with van der Waals surface area (Å²) in [7, 11) is 3.96. The van der Waals surface area contributed by atoms with E-state index in [2.05, 4.69) is 163 Å². The lowest BCUT2D eigenvalue weighted by Gasteiger charge is -1.98. The Labute approximate surface area is 613 Å². The molecule has 18 rings (SSSR count). The smallest absolute Gasteiger partial charge is 0.167 e. The van der Waals surface area contributed by atoms with Crippen LogP contribution in [0.4, 0.5) is 4.39 Å². The summed E-state index contributed by atoms with van der Waals surface area (Å²) in [5, 5.41) is 28.7. The second-order valence-electron chi connectivity index (χ2n) is 25.6. The van der Waals surface area contributed by atoms with Crippen molar-refractivity contribution < 1.29 is 13.4 Å². The molecule has 14 nitrogen and oxygen atoms in total. The van der Waals surface area contributed by atoms with Crippen LogP contribution in [0.3, 0.4) is 0 Å². The molecule has 0 spiro atoms. The summed E-state index contributed by atoms with van der Waals surface area (Å²) in [6, 6.07) is 62.9. The number of halogens is 2. The van der Waals surface area contributed by atoms with Crippen LogP contribution in [0.2, 0.25) is 5.02 Å². The fourth-order valence-corrected chi connectivity index (χ4v) is 13.1. The number of hydrogen-bond donors (Lipinski definition) is 0. The summed E-state index contributed by atoms with van der Waals surface area (Å²) >= 11 is 8.84. The van der Waals surface area contributed by atoms with Crippen molar-refractivity contribution in [2.24, 2.45) is 14.1 Å². The Bertz CT molecular complexity index is 5670. The average molecular weight is 1420 g/mol. The van der Waals surface area contributed by atoms with Crippen molar-refractivity contribution >= 4 is 131 Å². The van der Waals surface area contributed by atoms with Crippen LogP contribution >= 0.6 is 34.7 Å². The van der Waals surface area contributed by atoms with E-state index in [1.54, 1.807) is 24.5 Å². The first-order chi connectivity index (χ1) is 49.3. The number of nitrogens with zero attached hydrogens (tertiary/aromatic N) is 12. The molecule has 0 unspecified atom stereocenters. The van der Waals surface area contributed by atoms with Gasteiger partial charge in [-0.15, -0.1) is 0 Å². The lowest BCUT2D eigenvalue weighted by atomic mass is 10.1. The third-order valence-corrected chi connectivity index (χ3v) is 19.0. The molecular formula is C85H84ClFN12O2S2. The number of pyridine rings is 2. The van der Waals surface area contributed by atoms with E-state index in [-0.39, 0.29) is 5.82 Å². The highest BCUT2D eigenvalue weighted by molar-refractivity contribution is 7.13. The molecule has 0 radical (unpaired) electrons. The van der Waals surface area contributed by atoms with Gasteiger partial charge in [0.1, 0.15) is 11.6 Å². The van der Waals surface area contributed by atoms with Crippen LogP contribution in [0.1, 0.15) is 84.8 Å². The summed E-state index contributed by atoms with van der Waals surface area (Å²) in [6.45, 7) is 30.0. The highest BCUT2D eigenvalue weighted by Gasteiger charge is 2.09. The molecule has 9 heterocycles. The van der Waals surface area contributed by atoms with E-state index >= 15 is 0 Å². The molecule has 0 bridgehead atoms. The Morgan fingerprint density at radius 3 is 1.62 bits per heavy atom. The van der Waals surface area contributed by atoms with Crippen LogP contribution in [0, 0.1) is 110 Å². The Morgan fingerprint density at radius 1 is 0.369 bits per heavy atom. The van der Waals surface area contributed by atoms with E-state index in [1.165, 1.54) is 76.6 Å². The Hall–Kier alpha value is -11.0. The van der Waals surface area contributed by atoms with Crippen molar-refractivity contribution in [3.05, 3.63) is 296 Å². The lowest BCUT2D eigenvalue weighted by molar-refractivity contribution is 0.450. The van der Waals surface area contributed by atoms with Gasteiger partial charge in [0.2, 0.25) is 0 Å². The zero-order valence-corrected chi connectivity index (χ0v) is 63.7. The molecule has 0 amide bonds. The highest BCUT2D eigenvalue weighted by atomic mass is 35.5. The van der Waals surface area contributed by atoms with Gasteiger partial charge < -0.3 is 9.05 Å². The third kappa shape index (κ3) is 19.6. The molecule has 0 saturated carbocycles. The van der Waals surface area contributed by atoms with Gasteiger partial charge in [-0.2, -0.15) is 18.9 Å². The molecule has 0 aliphatic heterocycles. The van der Waals surface area contributed by atoms with Crippen LogP contribution in [0.15, 0.2) is 209 Å². The second-order valence-corrected chi connectivity index (χ2v) is 27.6. The van der Waals surface area contributed by atoms with Crippen molar-refractivity contribution in [3.8, 4) is 0 Å². The normalized spacial score (nSPS) is 10.7. The first-order valence-electron chi connectivity index (χ1n) is 33.7. The van der Waals surface area contributed by atoms with Gasteiger partial charge in [-0.1, -0.05) is 124 Å². The lowest BCUT2D eigenvalue weighted by Crippen LogP contribution is -1.89. The van der Waals surface area contributed by atoms with Crippen LogP contribution in [-0.2, 0) is 14.1 Å². The Morgan fingerprint density at radius 2 is 0.903 bits per heavy atom. The summed E-state index contributed by atoms with van der Waals surface area (Å²) < 4.78 is 37.8. The number of rotatable bonds is 0. The SMILES string of the molecule is Cc1cc2cc(Cl)ccc2cn1.Cc1cc2snc(C)c2cc1F.Cc1ccc2c(C)nn(C)c2c1.Cc1ccc2c(C)noc2c1.Cc1ccc2c(c1)c(C)nn2C.Cc1ccc2ccccc2n1.Cc1ccc2onc(C)c2c1.Cc1ccc2snc(C)c2c1.Cc1ncc2ccccc2n1. The van der Waals surface area contributed by atoms with E-state index in [9.17, 15) is 4.39 Å². The van der Waals surface area contributed by atoms with Gasteiger partial charge in [-0.25, -0.2) is 14.4 Å². The van der Waals surface area contributed by atoms with Gasteiger partial charge in [0.15, 0.2) is 11.2 Å². The van der Waals surface area contributed by atoms with Gasteiger partial charge in [0, 0.05) is 91.4 Å². The van der Waals surface area contributed by atoms with E-state index in [4.69, 9.17) is 20.6 Å². The number of aryl methyl sites for hydroxylation is 17. The minimum atomic E-state index is -0.147. The maximum atomic E-state index is 13.1. The van der Waals surface area contributed by atoms with E-state index < -0.39 is 0 Å². The predicted molar refractivity (Wildman–Crippen MR) is 428 cm³/mol. The standard InChI is InChI=1S/C10H8ClN.2C10H12N2.C10H9N.C9H8FNS.C9H8N2.2C9H9NO.C9H9NS/c1-7-4-9-5-10(11)3-2-8(9)6-12-7;1-7-4-5-10-9(6-7)8(2)11-12(10)3;1-7-4-5-9-8(2)11-12(3)10(9)6-7;1-8-6-7-9-4-2-3-5-10(9)11-8;1-5-3-9-7(4-8(5)10)6(2)11-12-9;1-7-10-6-8-4-2-3-5-9(8)11-7;1-6-3-4-9-8(5-6)7(2)10-11-9;1-6-3-4-8-7(2)10-11-9(8)5-6;1-6-3-4-9-8(5-6)7(2)10-11-9/h2-6H,1H3;2*4-6H,1-3H3;2-7H,1H3;3-4H,1-2H3;2-6H,1H3;3*3-5H,1-2H3. The van der Waals surface area contributed by atoms with Crippen LogP contribution < -0.4 is 0 Å². The van der Waals surface area contributed by atoms with Gasteiger partial charge in [-0.05, 0) is 252 Å². The molecule has 0 fully saturated rings. The summed E-state index contributed by atoms with van der Waals surface area (Å²) in [6.07, 6.45) is 3.71. The Kier molecular flexibility index (Phi) is 24.7. The maximum Gasteiger partial charge on any atom is 0.167 e. The number of benzene rings is 9. The largest absolute Gasteiger partial charge is 0.356 e. The number of aromatic nitrogens is 12. The van der Waals surface area contributed by atoms with Gasteiger partial charge in [0.05, 0.1) is 65.6 Å². The van der Waals surface area contributed by atoms with Crippen LogP contribution in [0.5, 0.6) is 0 Å². The third-order valence-electron chi connectivity index (χ3n) is 16.9. The maximum absolute atomic E-state index is 13.1. The molecule has 103 heavy (non-hydrogen) atoms. The molecular weight excluding hydrogens is 1340 g/mol. The van der Waals surface area contributed by atoms with Crippen molar-refractivity contribution in [2.75, 3.05) is 0 Å². The van der Waals surface area contributed by atoms with Gasteiger partial charge >= 0.3 is 0 Å². The molecule has 9 aromatic carbocycles. The molecule has 522 valence electrons. The van der Waals surface area contributed by atoms with Crippen molar-refractivity contribution in [3.63, 3.8) is 0 Å². The zero-order chi connectivity index (χ0) is 73.6. The molecule has 9 aromatic heterocycles. The fraction of sp³-hybridized carbons (Fsp3) is 0.200. The average Bonchev–Trinajstić information content (AvgIpc) is 1.73. The topological polar surface area (TPSA) is 165 Å². The molecule has 0 saturated heterocycles. The summed E-state index contributed by atoms with van der Waals surface area (Å²) in [4.78, 5) is 16.9. The first kappa shape index (κ1) is 74.7. The molecule has 0 aliphatic rings. The van der Waals surface area contributed by atoms with Gasteiger partial charge in [0.25, 0.3) is 0 Å².